The Kier molecular flexibility index (Phi) is 7.08. The van der Waals surface area contributed by atoms with Crippen molar-refractivity contribution in [1.82, 2.24) is 20.1 Å². The number of hydrogen-bond acceptors (Lipinski definition) is 7. The van der Waals surface area contributed by atoms with Crippen LogP contribution in [0.3, 0.4) is 0 Å². The summed E-state index contributed by atoms with van der Waals surface area (Å²) >= 11 is 0. The first-order chi connectivity index (χ1) is 18.5. The van der Waals surface area contributed by atoms with E-state index in [1.54, 1.807) is 14.2 Å². The fraction of sp³-hybridized carbons (Fsp3) is 0.241. The highest BCUT2D eigenvalue weighted by atomic mass is 16.5. The Hall–Kier alpha value is -4.66. The molecule has 1 fully saturated rings. The van der Waals surface area contributed by atoms with Crippen LogP contribution in [0, 0.1) is 0 Å². The molecule has 9 heteroatoms. The Morgan fingerprint density at radius 3 is 2.13 bits per heavy atom. The second-order valence-corrected chi connectivity index (χ2v) is 9.27. The molecule has 3 aromatic carbocycles. The highest BCUT2D eigenvalue weighted by Gasteiger charge is 2.52. The number of urea groups is 1. The number of carbonyl (C=O) groups excluding carboxylic acids is 2. The third-order valence-corrected chi connectivity index (χ3v) is 6.80. The van der Waals surface area contributed by atoms with Gasteiger partial charge in [0.05, 0.1) is 19.4 Å². The SMILES string of the molecule is COc1ccc(/C(C)=N/NC2=NC3C(C(=O)N(Cc4ccccc4)C(=O)N3C)N2Cc2ccccc2)cc1. The number of ether oxygens (including phenoxy) is 1. The molecule has 0 bridgehead atoms. The van der Waals surface area contributed by atoms with Crippen molar-refractivity contribution in [2.24, 2.45) is 10.1 Å². The second-order valence-electron chi connectivity index (χ2n) is 9.27. The van der Waals surface area contributed by atoms with Gasteiger partial charge < -0.3 is 14.5 Å². The molecule has 1 N–H and O–H groups in total. The Morgan fingerprint density at radius 2 is 1.53 bits per heavy atom. The minimum absolute atomic E-state index is 0.197. The summed E-state index contributed by atoms with van der Waals surface area (Å²) in [7, 11) is 3.31. The number of amides is 3. The third-order valence-electron chi connectivity index (χ3n) is 6.80. The average molecular weight is 511 g/mol. The van der Waals surface area contributed by atoms with Crippen molar-refractivity contribution < 1.29 is 14.3 Å². The van der Waals surface area contributed by atoms with Gasteiger partial charge in [-0.2, -0.15) is 5.10 Å². The van der Waals surface area contributed by atoms with Crippen LogP contribution in [0.1, 0.15) is 23.6 Å². The van der Waals surface area contributed by atoms with E-state index in [0.29, 0.717) is 12.5 Å². The summed E-state index contributed by atoms with van der Waals surface area (Å²) in [6.07, 6.45) is -0.662. The number of hydrogen-bond donors (Lipinski definition) is 1. The maximum absolute atomic E-state index is 13.8. The number of hydrazone groups is 1. The number of likely N-dealkylation sites (N-methyl/N-ethyl adjacent to an activating group) is 1. The minimum Gasteiger partial charge on any atom is -0.497 e. The number of methoxy groups -OCH3 is 1. The first-order valence-corrected chi connectivity index (χ1v) is 12.4. The molecule has 9 nitrogen and oxygen atoms in total. The minimum atomic E-state index is -0.680. The van der Waals surface area contributed by atoms with E-state index in [2.05, 4.69) is 10.5 Å². The maximum Gasteiger partial charge on any atom is 0.328 e. The van der Waals surface area contributed by atoms with Gasteiger partial charge in [-0.3, -0.25) is 9.69 Å². The van der Waals surface area contributed by atoms with Crippen LogP contribution in [0.15, 0.2) is 95.0 Å². The van der Waals surface area contributed by atoms with E-state index in [0.717, 1.165) is 28.2 Å². The predicted octanol–water partition coefficient (Wildman–Crippen LogP) is 3.67. The van der Waals surface area contributed by atoms with Crippen molar-refractivity contribution in [3.63, 3.8) is 0 Å². The van der Waals surface area contributed by atoms with Crippen molar-refractivity contribution in [2.75, 3.05) is 14.2 Å². The molecule has 38 heavy (non-hydrogen) atoms. The van der Waals surface area contributed by atoms with Crippen LogP contribution in [0.25, 0.3) is 0 Å². The van der Waals surface area contributed by atoms with Crippen LogP contribution in [0.5, 0.6) is 5.75 Å². The summed E-state index contributed by atoms with van der Waals surface area (Å²) < 4.78 is 5.24. The van der Waals surface area contributed by atoms with Gasteiger partial charge in [0.15, 0.2) is 12.2 Å². The van der Waals surface area contributed by atoms with Gasteiger partial charge in [-0.05, 0) is 47.9 Å². The van der Waals surface area contributed by atoms with Gasteiger partial charge in [0.25, 0.3) is 5.91 Å². The quantitative estimate of drug-likeness (QED) is 0.387. The maximum atomic E-state index is 13.8. The van der Waals surface area contributed by atoms with Gasteiger partial charge in [0, 0.05) is 13.6 Å². The van der Waals surface area contributed by atoms with Gasteiger partial charge in [0.2, 0.25) is 5.96 Å². The van der Waals surface area contributed by atoms with E-state index in [-0.39, 0.29) is 18.5 Å². The highest BCUT2D eigenvalue weighted by Crippen LogP contribution is 2.29. The molecular formula is C29H30N6O3. The number of benzene rings is 3. The fourth-order valence-corrected chi connectivity index (χ4v) is 4.67. The molecule has 2 atom stereocenters. The van der Waals surface area contributed by atoms with Crippen molar-refractivity contribution in [3.8, 4) is 5.75 Å². The van der Waals surface area contributed by atoms with Crippen molar-refractivity contribution in [1.29, 1.82) is 0 Å². The molecule has 0 radical (unpaired) electrons. The normalized spacial score (nSPS) is 19.4. The lowest BCUT2D eigenvalue weighted by atomic mass is 10.1. The largest absolute Gasteiger partial charge is 0.497 e. The molecule has 0 aromatic heterocycles. The van der Waals surface area contributed by atoms with Crippen LogP contribution in [0.4, 0.5) is 4.79 Å². The lowest BCUT2D eigenvalue weighted by molar-refractivity contribution is -0.138. The first-order valence-electron chi connectivity index (χ1n) is 12.4. The molecule has 5 rings (SSSR count). The zero-order valence-electron chi connectivity index (χ0n) is 21.6. The molecule has 0 aliphatic carbocycles. The number of nitrogens with one attached hydrogen (secondary N) is 1. The molecule has 0 saturated carbocycles. The number of rotatable bonds is 7. The predicted molar refractivity (Wildman–Crippen MR) is 145 cm³/mol. The van der Waals surface area contributed by atoms with Crippen molar-refractivity contribution in [3.05, 3.63) is 102 Å². The Bertz CT molecular complexity index is 1360. The zero-order chi connectivity index (χ0) is 26.6. The van der Waals surface area contributed by atoms with Gasteiger partial charge in [-0.25, -0.2) is 15.2 Å². The van der Waals surface area contributed by atoms with E-state index in [1.165, 1.54) is 9.80 Å². The number of carbonyl (C=O) groups is 2. The standard InChI is InChI=1S/C29H30N6O3/c1-20(23-14-16-24(38-3)17-15-23)31-32-28-30-26-25(34(28)18-21-10-6-4-7-11-21)27(36)35(29(37)33(26)2)19-22-12-8-5-9-13-22/h4-17,25-26H,18-19H2,1-3H3,(H,30,32)/b31-20+. The molecule has 3 amide bonds. The van der Waals surface area contributed by atoms with E-state index < -0.39 is 12.2 Å². The summed E-state index contributed by atoms with van der Waals surface area (Å²) in [5.74, 6) is 0.916. The van der Waals surface area contributed by atoms with Crippen LogP contribution >= 0.6 is 0 Å². The zero-order valence-corrected chi connectivity index (χ0v) is 21.6. The molecule has 2 heterocycles. The first kappa shape index (κ1) is 25.0. The molecule has 2 aliphatic heterocycles. The van der Waals surface area contributed by atoms with Gasteiger partial charge in [0.1, 0.15) is 5.75 Å². The lowest BCUT2D eigenvalue weighted by Crippen LogP contribution is -2.64. The van der Waals surface area contributed by atoms with Gasteiger partial charge in [-0.1, -0.05) is 60.7 Å². The lowest BCUT2D eigenvalue weighted by Gasteiger charge is -2.41. The Morgan fingerprint density at radius 1 is 0.921 bits per heavy atom. The van der Waals surface area contributed by atoms with Crippen LogP contribution in [-0.2, 0) is 17.9 Å². The molecule has 0 spiro atoms. The van der Waals surface area contributed by atoms with E-state index in [1.807, 2.05) is 96.8 Å². The van der Waals surface area contributed by atoms with Crippen molar-refractivity contribution >= 4 is 23.6 Å². The monoisotopic (exact) mass is 510 g/mol. The Labute approximate surface area is 222 Å². The summed E-state index contributed by atoms with van der Waals surface area (Å²) in [5.41, 5.74) is 6.64. The average Bonchev–Trinajstić information content (AvgIpc) is 3.32. The topological polar surface area (TPSA) is 89.8 Å². The van der Waals surface area contributed by atoms with Crippen molar-refractivity contribution in [2.45, 2.75) is 32.2 Å². The van der Waals surface area contributed by atoms with Crippen LogP contribution in [0.2, 0.25) is 0 Å². The molecular weight excluding hydrogens is 480 g/mol. The van der Waals surface area contributed by atoms with Crippen LogP contribution < -0.4 is 10.2 Å². The molecule has 194 valence electrons. The third kappa shape index (κ3) is 4.95. The van der Waals surface area contributed by atoms with Crippen LogP contribution in [-0.4, -0.2) is 64.7 Å². The highest BCUT2D eigenvalue weighted by molar-refractivity contribution is 6.04. The molecule has 2 aliphatic rings. The smallest absolute Gasteiger partial charge is 0.328 e. The molecule has 1 saturated heterocycles. The van der Waals surface area contributed by atoms with E-state index in [9.17, 15) is 9.59 Å². The molecule has 2 unspecified atom stereocenters. The molecule has 3 aromatic rings. The Balaban J connectivity index is 1.44. The number of nitrogens with zero attached hydrogens (tertiary/aromatic N) is 5. The number of guanidine groups is 1. The summed E-state index contributed by atoms with van der Waals surface area (Å²) in [4.78, 5) is 36.6. The second kappa shape index (κ2) is 10.8. The number of fused-ring (bicyclic) bond motifs is 1. The van der Waals surface area contributed by atoms with Gasteiger partial charge >= 0.3 is 6.03 Å². The fourth-order valence-electron chi connectivity index (χ4n) is 4.67. The summed E-state index contributed by atoms with van der Waals surface area (Å²) in [6, 6.07) is 25.9. The van der Waals surface area contributed by atoms with E-state index in [4.69, 9.17) is 9.73 Å². The number of aliphatic imine (C=N–C) groups is 1. The summed E-state index contributed by atoms with van der Waals surface area (Å²) in [6.45, 7) is 2.52. The van der Waals surface area contributed by atoms with E-state index >= 15 is 0 Å². The summed E-state index contributed by atoms with van der Waals surface area (Å²) in [5, 5.41) is 4.56. The number of imide groups is 1. The van der Waals surface area contributed by atoms with Gasteiger partial charge in [-0.15, -0.1) is 0 Å².